The van der Waals surface area contributed by atoms with Gasteiger partial charge in [-0.3, -0.25) is 14.3 Å². The fourth-order valence-corrected chi connectivity index (χ4v) is 4.43. The minimum Gasteiger partial charge on any atom is -0.391 e. The summed E-state index contributed by atoms with van der Waals surface area (Å²) in [6.45, 7) is 6.02. The summed E-state index contributed by atoms with van der Waals surface area (Å²) in [4.78, 5) is 26.5. The first kappa shape index (κ1) is 23.9. The number of nitrogens with zero attached hydrogens (tertiary/aromatic N) is 2. The Bertz CT molecular complexity index is 1180. The van der Waals surface area contributed by atoms with Crippen molar-refractivity contribution in [2.24, 2.45) is 5.41 Å². The molecule has 1 fully saturated rings. The molecule has 0 spiro atoms. The Kier molecular flexibility index (Phi) is 6.70. The first-order valence-electron chi connectivity index (χ1n) is 11.6. The Balaban J connectivity index is 1.59. The largest absolute Gasteiger partial charge is 0.391 e. The van der Waals surface area contributed by atoms with E-state index in [1.54, 1.807) is 16.8 Å². The molecule has 7 nitrogen and oxygen atoms in total. The molecule has 1 unspecified atom stereocenters. The van der Waals surface area contributed by atoms with E-state index in [4.69, 9.17) is 0 Å². The highest BCUT2D eigenvalue weighted by atomic mass is 19.1. The summed E-state index contributed by atoms with van der Waals surface area (Å²) in [6, 6.07) is 12.4. The maximum Gasteiger partial charge on any atom is 0.273 e. The van der Waals surface area contributed by atoms with E-state index in [-0.39, 0.29) is 23.5 Å². The van der Waals surface area contributed by atoms with E-state index in [0.29, 0.717) is 18.4 Å². The number of benzene rings is 2. The lowest BCUT2D eigenvalue weighted by Crippen LogP contribution is -2.56. The maximum atomic E-state index is 13.4. The van der Waals surface area contributed by atoms with E-state index in [1.165, 1.54) is 12.1 Å². The molecule has 180 valence electrons. The molecule has 2 aromatic carbocycles. The van der Waals surface area contributed by atoms with E-state index >= 15 is 0 Å². The van der Waals surface area contributed by atoms with Crippen molar-refractivity contribution < 1.29 is 19.1 Å². The predicted octanol–water partition coefficient (Wildman–Crippen LogP) is 3.40. The van der Waals surface area contributed by atoms with Gasteiger partial charge in [-0.15, -0.1) is 0 Å². The molecule has 1 aromatic heterocycles. The molecular weight excluding hydrogens is 435 g/mol. The molecular formula is C26H31FN4O3. The molecule has 1 aliphatic rings. The van der Waals surface area contributed by atoms with Crippen LogP contribution in [-0.4, -0.2) is 44.9 Å². The van der Waals surface area contributed by atoms with Crippen molar-refractivity contribution >= 4 is 22.7 Å². The van der Waals surface area contributed by atoms with Gasteiger partial charge in [0, 0.05) is 5.39 Å². The highest BCUT2D eigenvalue weighted by molar-refractivity contribution is 6.06. The Hall–Kier alpha value is -3.26. The molecule has 1 aliphatic carbocycles. The lowest BCUT2D eigenvalue weighted by atomic mass is 9.85. The fraction of sp³-hybridized carbons (Fsp3) is 0.423. The molecule has 1 heterocycles. The second-order valence-electron chi connectivity index (χ2n) is 10.0. The summed E-state index contributed by atoms with van der Waals surface area (Å²) in [5.41, 5.74) is 1.28. The summed E-state index contributed by atoms with van der Waals surface area (Å²) in [5, 5.41) is 21.1. The van der Waals surface area contributed by atoms with Gasteiger partial charge >= 0.3 is 0 Å². The van der Waals surface area contributed by atoms with Crippen LogP contribution in [0.1, 0.15) is 56.1 Å². The number of para-hydroxylation sites is 1. The lowest BCUT2D eigenvalue weighted by molar-refractivity contribution is -0.126. The number of hydrogen-bond donors (Lipinski definition) is 3. The van der Waals surface area contributed by atoms with E-state index in [1.807, 2.05) is 45.0 Å². The molecule has 0 bridgehead atoms. The Morgan fingerprint density at radius 3 is 2.50 bits per heavy atom. The molecule has 0 radical (unpaired) electrons. The fourth-order valence-electron chi connectivity index (χ4n) is 4.43. The average Bonchev–Trinajstić information content (AvgIpc) is 3.36. The Labute approximate surface area is 198 Å². The first-order valence-corrected chi connectivity index (χ1v) is 11.6. The van der Waals surface area contributed by atoms with Crippen LogP contribution in [0.5, 0.6) is 0 Å². The number of fused-ring (bicyclic) bond motifs is 1. The van der Waals surface area contributed by atoms with Crippen molar-refractivity contribution in [2.75, 3.05) is 0 Å². The number of hydrogen-bond acceptors (Lipinski definition) is 4. The number of amides is 2. The third kappa shape index (κ3) is 5.12. The number of aromatic nitrogens is 2. The van der Waals surface area contributed by atoms with Crippen LogP contribution in [0.15, 0.2) is 48.5 Å². The van der Waals surface area contributed by atoms with E-state index in [0.717, 1.165) is 23.9 Å². The quantitative estimate of drug-likeness (QED) is 0.519. The Morgan fingerprint density at radius 2 is 1.85 bits per heavy atom. The maximum absolute atomic E-state index is 13.4. The highest BCUT2D eigenvalue weighted by Crippen LogP contribution is 2.25. The number of carbonyl (C=O) groups is 2. The van der Waals surface area contributed by atoms with Crippen LogP contribution in [0.25, 0.3) is 10.9 Å². The second-order valence-corrected chi connectivity index (χ2v) is 10.0. The molecule has 0 aliphatic heterocycles. The van der Waals surface area contributed by atoms with Crippen molar-refractivity contribution in [3.05, 3.63) is 65.6 Å². The summed E-state index contributed by atoms with van der Waals surface area (Å²) >= 11 is 0. The molecule has 3 atom stereocenters. The summed E-state index contributed by atoms with van der Waals surface area (Å²) in [6.07, 6.45) is 1.67. The van der Waals surface area contributed by atoms with Crippen LogP contribution < -0.4 is 10.6 Å². The van der Waals surface area contributed by atoms with Gasteiger partial charge in [0.05, 0.1) is 24.2 Å². The van der Waals surface area contributed by atoms with Crippen LogP contribution in [0, 0.1) is 11.2 Å². The number of nitrogens with one attached hydrogen (secondary N) is 2. The summed E-state index contributed by atoms with van der Waals surface area (Å²) in [7, 11) is 0. The summed E-state index contributed by atoms with van der Waals surface area (Å²) < 4.78 is 15.0. The number of halogens is 1. The highest BCUT2D eigenvalue weighted by Gasteiger charge is 2.36. The zero-order chi connectivity index (χ0) is 24.5. The van der Waals surface area contributed by atoms with Crippen LogP contribution in [0.4, 0.5) is 4.39 Å². The average molecular weight is 467 g/mol. The minimum atomic E-state index is -0.811. The first-order chi connectivity index (χ1) is 16.1. The number of rotatable bonds is 6. The van der Waals surface area contributed by atoms with Crippen molar-refractivity contribution in [2.45, 2.75) is 64.8 Å². The number of carbonyl (C=O) groups excluding carboxylic acids is 2. The molecule has 3 aromatic rings. The van der Waals surface area contributed by atoms with Crippen LogP contribution in [0.3, 0.4) is 0 Å². The third-order valence-corrected chi connectivity index (χ3v) is 6.33. The molecule has 4 rings (SSSR count). The molecule has 0 saturated heterocycles. The van der Waals surface area contributed by atoms with Crippen molar-refractivity contribution in [1.82, 2.24) is 20.4 Å². The van der Waals surface area contributed by atoms with Crippen molar-refractivity contribution in [3.8, 4) is 0 Å². The lowest BCUT2D eigenvalue weighted by Gasteiger charge is -2.31. The minimum absolute atomic E-state index is 0.223. The van der Waals surface area contributed by atoms with Gasteiger partial charge in [0.25, 0.3) is 5.91 Å². The van der Waals surface area contributed by atoms with E-state index < -0.39 is 23.5 Å². The van der Waals surface area contributed by atoms with Gasteiger partial charge in [-0.1, -0.05) is 51.1 Å². The molecule has 2 amide bonds. The van der Waals surface area contributed by atoms with Gasteiger partial charge < -0.3 is 15.7 Å². The van der Waals surface area contributed by atoms with Crippen molar-refractivity contribution in [1.29, 1.82) is 0 Å². The smallest absolute Gasteiger partial charge is 0.273 e. The normalized spacial score (nSPS) is 19.2. The predicted molar refractivity (Wildman–Crippen MR) is 128 cm³/mol. The van der Waals surface area contributed by atoms with Gasteiger partial charge in [0.15, 0.2) is 5.69 Å². The Morgan fingerprint density at radius 1 is 1.15 bits per heavy atom. The van der Waals surface area contributed by atoms with Gasteiger partial charge in [-0.25, -0.2) is 4.39 Å². The van der Waals surface area contributed by atoms with Crippen LogP contribution >= 0.6 is 0 Å². The van der Waals surface area contributed by atoms with Crippen LogP contribution in [-0.2, 0) is 11.3 Å². The second kappa shape index (κ2) is 9.54. The molecule has 1 saturated carbocycles. The topological polar surface area (TPSA) is 96.2 Å². The molecule has 8 heteroatoms. The van der Waals surface area contributed by atoms with E-state index in [2.05, 4.69) is 15.7 Å². The van der Waals surface area contributed by atoms with Gasteiger partial charge in [0.2, 0.25) is 5.91 Å². The third-order valence-electron chi connectivity index (χ3n) is 6.33. The van der Waals surface area contributed by atoms with Crippen molar-refractivity contribution in [3.63, 3.8) is 0 Å². The SMILES string of the molecule is CC(C)(C)[C@H](NC(=O)c1nn(Cc2ccc(F)cc2)c2ccccc12)C(=O)N[C@H]1CCCC1O. The zero-order valence-electron chi connectivity index (χ0n) is 19.7. The van der Waals surface area contributed by atoms with Crippen LogP contribution in [0.2, 0.25) is 0 Å². The monoisotopic (exact) mass is 466 g/mol. The standard InChI is InChI=1S/C26H31FN4O3/c1-26(2,3)23(25(34)28-19-8-6-10-21(19)32)29-24(33)22-18-7-4-5-9-20(18)31(30-22)15-16-11-13-17(27)14-12-16/h4-5,7,9,11-14,19,21,23,32H,6,8,10,15H2,1-3H3,(H,28,34)(H,29,33)/t19-,21?,23+/m0/s1. The van der Waals surface area contributed by atoms with Gasteiger partial charge in [-0.2, -0.15) is 5.10 Å². The molecule has 34 heavy (non-hydrogen) atoms. The zero-order valence-corrected chi connectivity index (χ0v) is 19.7. The summed E-state index contributed by atoms with van der Waals surface area (Å²) in [5.74, 6) is -1.08. The number of aliphatic hydroxyl groups excluding tert-OH is 1. The van der Waals surface area contributed by atoms with Gasteiger partial charge in [0.1, 0.15) is 11.9 Å². The molecule has 3 N–H and O–H groups in total. The van der Waals surface area contributed by atoms with Gasteiger partial charge in [-0.05, 0) is 48.4 Å². The van der Waals surface area contributed by atoms with E-state index in [9.17, 15) is 19.1 Å². The number of aliphatic hydroxyl groups is 1.